The average Bonchev–Trinajstić information content (AvgIpc) is 2.64. The molecule has 1 aromatic heterocycles. The predicted molar refractivity (Wildman–Crippen MR) is 62.8 cm³/mol. The van der Waals surface area contributed by atoms with Gasteiger partial charge in [-0.1, -0.05) is 6.92 Å². The lowest BCUT2D eigenvalue weighted by Crippen LogP contribution is -2.38. The first-order valence-corrected chi connectivity index (χ1v) is 5.59. The van der Waals surface area contributed by atoms with Gasteiger partial charge < -0.3 is 10.6 Å². The van der Waals surface area contributed by atoms with E-state index in [0.29, 0.717) is 13.1 Å². The summed E-state index contributed by atoms with van der Waals surface area (Å²) >= 11 is 0. The molecule has 0 radical (unpaired) electrons. The van der Waals surface area contributed by atoms with Crippen LogP contribution < -0.4 is 10.6 Å². The van der Waals surface area contributed by atoms with Gasteiger partial charge in [0.15, 0.2) is 0 Å². The molecule has 0 fully saturated rings. The van der Waals surface area contributed by atoms with Gasteiger partial charge in [0, 0.05) is 31.4 Å². The number of rotatable bonds is 6. The van der Waals surface area contributed by atoms with Crippen molar-refractivity contribution in [3.63, 3.8) is 0 Å². The van der Waals surface area contributed by atoms with Crippen LogP contribution in [0.25, 0.3) is 0 Å². The van der Waals surface area contributed by atoms with E-state index in [2.05, 4.69) is 15.7 Å². The second-order valence-electron chi connectivity index (χ2n) is 4.00. The number of amides is 1. The summed E-state index contributed by atoms with van der Waals surface area (Å²) in [7, 11) is 1.87. The number of aromatic nitrogens is 2. The number of carbonyl (C=O) groups is 1. The molecule has 0 spiro atoms. The molecule has 0 saturated carbocycles. The van der Waals surface area contributed by atoms with Gasteiger partial charge in [-0.15, -0.1) is 0 Å². The van der Waals surface area contributed by atoms with E-state index in [0.717, 1.165) is 12.0 Å². The molecule has 2 N–H and O–H groups in total. The van der Waals surface area contributed by atoms with Gasteiger partial charge in [-0.3, -0.25) is 9.48 Å². The van der Waals surface area contributed by atoms with E-state index in [1.807, 2.05) is 27.1 Å². The van der Waals surface area contributed by atoms with E-state index in [-0.39, 0.29) is 11.9 Å². The quantitative estimate of drug-likeness (QED) is 0.736. The lowest BCUT2D eigenvalue weighted by atomic mass is 10.2. The van der Waals surface area contributed by atoms with Crippen LogP contribution in [0.4, 0.5) is 0 Å². The minimum absolute atomic E-state index is 0.0400. The van der Waals surface area contributed by atoms with Crippen LogP contribution in [0, 0.1) is 0 Å². The lowest BCUT2D eigenvalue weighted by Gasteiger charge is -2.11. The molecule has 16 heavy (non-hydrogen) atoms. The first-order chi connectivity index (χ1) is 7.61. The van der Waals surface area contributed by atoms with Crippen molar-refractivity contribution in [2.45, 2.75) is 32.9 Å². The number of nitrogens with zero attached hydrogens (tertiary/aromatic N) is 2. The maximum Gasteiger partial charge on any atom is 0.234 e. The molecule has 5 nitrogen and oxygen atoms in total. The molecule has 0 saturated heterocycles. The zero-order valence-corrected chi connectivity index (χ0v) is 10.2. The van der Waals surface area contributed by atoms with Crippen molar-refractivity contribution in [1.82, 2.24) is 20.4 Å². The fourth-order valence-corrected chi connectivity index (χ4v) is 1.31. The molecule has 1 heterocycles. The number of nitrogens with one attached hydrogen (secondary N) is 2. The Morgan fingerprint density at radius 2 is 2.38 bits per heavy atom. The topological polar surface area (TPSA) is 59.0 Å². The fourth-order valence-electron chi connectivity index (χ4n) is 1.31. The third-order valence-electron chi connectivity index (χ3n) is 2.39. The Bertz CT molecular complexity index is 334. The van der Waals surface area contributed by atoms with Crippen molar-refractivity contribution >= 4 is 5.91 Å². The summed E-state index contributed by atoms with van der Waals surface area (Å²) in [5, 5.41) is 10.0. The molecular formula is C11H20N4O. The highest BCUT2D eigenvalue weighted by molar-refractivity contribution is 5.78. The van der Waals surface area contributed by atoms with Gasteiger partial charge in [-0.05, 0) is 13.3 Å². The predicted octanol–water partition coefficient (Wildman–Crippen LogP) is 0.424. The summed E-state index contributed by atoms with van der Waals surface area (Å²) in [6, 6.07) is 0.243. The molecule has 5 heteroatoms. The van der Waals surface area contributed by atoms with Crippen LogP contribution >= 0.6 is 0 Å². The van der Waals surface area contributed by atoms with Gasteiger partial charge in [-0.2, -0.15) is 5.10 Å². The van der Waals surface area contributed by atoms with Crippen molar-refractivity contribution < 1.29 is 4.79 Å². The van der Waals surface area contributed by atoms with Crippen molar-refractivity contribution in [2.75, 3.05) is 6.54 Å². The number of hydrogen-bond acceptors (Lipinski definition) is 3. The van der Waals surface area contributed by atoms with E-state index in [1.54, 1.807) is 10.9 Å². The normalized spacial score (nSPS) is 12.4. The average molecular weight is 224 g/mol. The minimum Gasteiger partial charge on any atom is -0.353 e. The van der Waals surface area contributed by atoms with E-state index >= 15 is 0 Å². The third kappa shape index (κ3) is 4.44. The maximum atomic E-state index is 11.4. The molecular weight excluding hydrogens is 204 g/mol. The van der Waals surface area contributed by atoms with Crippen LogP contribution in [0.3, 0.4) is 0 Å². The zero-order chi connectivity index (χ0) is 12.0. The Kier molecular flexibility index (Phi) is 4.98. The third-order valence-corrected chi connectivity index (χ3v) is 2.39. The van der Waals surface area contributed by atoms with E-state index in [4.69, 9.17) is 0 Å². The fraction of sp³-hybridized carbons (Fsp3) is 0.636. The van der Waals surface area contributed by atoms with E-state index < -0.39 is 0 Å². The Morgan fingerprint density at radius 3 is 2.94 bits per heavy atom. The monoisotopic (exact) mass is 224 g/mol. The SMILES string of the molecule is CCC(C)NC(=O)CNCc1cnn(C)c1. The van der Waals surface area contributed by atoms with Crippen molar-refractivity contribution in [2.24, 2.45) is 7.05 Å². The standard InChI is InChI=1S/C11H20N4O/c1-4-9(2)14-11(16)7-12-5-10-6-13-15(3)8-10/h6,8-9,12H,4-5,7H2,1-3H3,(H,14,16). The number of aryl methyl sites for hydroxylation is 1. The molecule has 1 unspecified atom stereocenters. The molecule has 0 aromatic carbocycles. The Balaban J connectivity index is 2.18. The summed E-state index contributed by atoms with van der Waals surface area (Å²) in [4.78, 5) is 11.4. The largest absolute Gasteiger partial charge is 0.353 e. The van der Waals surface area contributed by atoms with Gasteiger partial charge in [0.1, 0.15) is 0 Å². The molecule has 0 bridgehead atoms. The van der Waals surface area contributed by atoms with Crippen LogP contribution in [-0.2, 0) is 18.4 Å². The molecule has 0 aliphatic carbocycles. The number of hydrogen-bond donors (Lipinski definition) is 2. The van der Waals surface area contributed by atoms with Gasteiger partial charge in [0.2, 0.25) is 5.91 Å². The summed E-state index contributed by atoms with van der Waals surface area (Å²) < 4.78 is 1.75. The summed E-state index contributed by atoms with van der Waals surface area (Å²) in [5.41, 5.74) is 1.08. The molecule has 0 aliphatic heterocycles. The molecule has 1 rings (SSSR count). The minimum atomic E-state index is 0.0400. The van der Waals surface area contributed by atoms with Crippen LogP contribution in [0.2, 0.25) is 0 Å². The number of carbonyl (C=O) groups excluding carboxylic acids is 1. The highest BCUT2D eigenvalue weighted by Crippen LogP contribution is 1.94. The summed E-state index contributed by atoms with van der Waals surface area (Å²) in [6.45, 7) is 5.06. The van der Waals surface area contributed by atoms with Gasteiger partial charge in [-0.25, -0.2) is 0 Å². The van der Waals surface area contributed by atoms with E-state index in [1.165, 1.54) is 0 Å². The highest BCUT2D eigenvalue weighted by Gasteiger charge is 2.04. The highest BCUT2D eigenvalue weighted by atomic mass is 16.1. The van der Waals surface area contributed by atoms with E-state index in [9.17, 15) is 4.79 Å². The first kappa shape index (κ1) is 12.7. The van der Waals surface area contributed by atoms with Crippen LogP contribution in [0.15, 0.2) is 12.4 Å². The molecule has 1 amide bonds. The Hall–Kier alpha value is -1.36. The molecule has 90 valence electrons. The van der Waals surface area contributed by atoms with Crippen molar-refractivity contribution in [1.29, 1.82) is 0 Å². The van der Waals surface area contributed by atoms with Crippen LogP contribution in [-0.4, -0.2) is 28.3 Å². The smallest absolute Gasteiger partial charge is 0.234 e. The lowest BCUT2D eigenvalue weighted by molar-refractivity contribution is -0.120. The summed E-state index contributed by atoms with van der Waals surface area (Å²) in [6.07, 6.45) is 4.67. The van der Waals surface area contributed by atoms with Crippen molar-refractivity contribution in [3.8, 4) is 0 Å². The second kappa shape index (κ2) is 6.27. The molecule has 1 atom stereocenters. The van der Waals surface area contributed by atoms with Crippen molar-refractivity contribution in [3.05, 3.63) is 18.0 Å². The molecule has 0 aliphatic rings. The van der Waals surface area contributed by atoms with Gasteiger partial charge in [0.05, 0.1) is 12.7 Å². The second-order valence-corrected chi connectivity index (χ2v) is 4.00. The van der Waals surface area contributed by atoms with Gasteiger partial charge >= 0.3 is 0 Å². The Morgan fingerprint density at radius 1 is 1.62 bits per heavy atom. The first-order valence-electron chi connectivity index (χ1n) is 5.59. The van der Waals surface area contributed by atoms with Crippen LogP contribution in [0.5, 0.6) is 0 Å². The zero-order valence-electron chi connectivity index (χ0n) is 10.2. The van der Waals surface area contributed by atoms with Gasteiger partial charge in [0.25, 0.3) is 0 Å². The Labute approximate surface area is 96.2 Å². The maximum absolute atomic E-state index is 11.4. The van der Waals surface area contributed by atoms with Crippen LogP contribution in [0.1, 0.15) is 25.8 Å². The summed E-state index contributed by atoms with van der Waals surface area (Å²) in [5.74, 6) is 0.0400. The molecule has 1 aromatic rings.